The molecular formula is C20H20N2O3S2. The summed E-state index contributed by atoms with van der Waals surface area (Å²) in [5.74, 6) is -0.592. The van der Waals surface area contributed by atoms with E-state index in [0.29, 0.717) is 5.13 Å². The first-order chi connectivity index (χ1) is 13.0. The molecule has 3 aromatic rings. The van der Waals surface area contributed by atoms with Crippen molar-refractivity contribution in [3.63, 3.8) is 0 Å². The summed E-state index contributed by atoms with van der Waals surface area (Å²) >= 11 is 1.42. The minimum atomic E-state index is -3.48. The zero-order valence-electron chi connectivity index (χ0n) is 14.9. The molecule has 1 heterocycles. The standard InChI is InChI=1S/C20H20N2O3S2/c1-2-17-19(15-9-5-3-6-10-15)22-20(26-17)21-18(23)13-14-27(24,25)16-11-7-4-8-12-16/h3-12H,2,13-14H2,1H3,(H,21,22,23). The van der Waals surface area contributed by atoms with E-state index in [1.165, 1.54) is 23.5 Å². The highest BCUT2D eigenvalue weighted by atomic mass is 32.2. The monoisotopic (exact) mass is 400 g/mol. The Morgan fingerprint density at radius 2 is 1.67 bits per heavy atom. The van der Waals surface area contributed by atoms with Crippen molar-refractivity contribution in [3.8, 4) is 11.3 Å². The average molecular weight is 401 g/mol. The Kier molecular flexibility index (Phi) is 6.03. The normalized spacial score (nSPS) is 11.3. The van der Waals surface area contributed by atoms with Gasteiger partial charge < -0.3 is 5.32 Å². The minimum absolute atomic E-state index is 0.112. The lowest BCUT2D eigenvalue weighted by atomic mass is 10.1. The van der Waals surface area contributed by atoms with Crippen molar-refractivity contribution in [1.29, 1.82) is 0 Å². The Labute approximate surface area is 163 Å². The molecule has 1 amide bonds. The predicted octanol–water partition coefficient (Wildman–Crippen LogP) is 4.18. The van der Waals surface area contributed by atoms with Gasteiger partial charge in [0.2, 0.25) is 5.91 Å². The van der Waals surface area contributed by atoms with E-state index in [-0.39, 0.29) is 23.0 Å². The molecule has 0 aliphatic carbocycles. The number of thiazole rings is 1. The van der Waals surface area contributed by atoms with E-state index in [1.807, 2.05) is 37.3 Å². The van der Waals surface area contributed by atoms with Gasteiger partial charge in [-0.25, -0.2) is 13.4 Å². The van der Waals surface area contributed by atoms with Gasteiger partial charge in [0.1, 0.15) is 0 Å². The second-order valence-corrected chi connectivity index (χ2v) is 9.13. The summed E-state index contributed by atoms with van der Waals surface area (Å²) in [5, 5.41) is 3.23. The van der Waals surface area contributed by atoms with Gasteiger partial charge in [-0.05, 0) is 18.6 Å². The first-order valence-electron chi connectivity index (χ1n) is 8.62. The number of nitrogens with zero attached hydrogens (tertiary/aromatic N) is 1. The lowest BCUT2D eigenvalue weighted by molar-refractivity contribution is -0.115. The number of anilines is 1. The number of aryl methyl sites for hydroxylation is 1. The maximum absolute atomic E-state index is 12.3. The van der Waals surface area contributed by atoms with Crippen LogP contribution in [0.5, 0.6) is 0 Å². The van der Waals surface area contributed by atoms with Gasteiger partial charge in [-0.3, -0.25) is 4.79 Å². The number of carbonyl (C=O) groups excluding carboxylic acids is 1. The summed E-state index contributed by atoms with van der Waals surface area (Å²) in [7, 11) is -3.48. The largest absolute Gasteiger partial charge is 0.302 e. The summed E-state index contributed by atoms with van der Waals surface area (Å²) in [6.07, 6.45) is 0.694. The summed E-state index contributed by atoms with van der Waals surface area (Å²) in [6, 6.07) is 17.9. The Morgan fingerprint density at radius 1 is 1.04 bits per heavy atom. The van der Waals surface area contributed by atoms with E-state index >= 15 is 0 Å². The van der Waals surface area contributed by atoms with Gasteiger partial charge in [-0.2, -0.15) is 0 Å². The zero-order chi connectivity index (χ0) is 19.3. The molecule has 3 rings (SSSR count). The SMILES string of the molecule is CCc1sc(NC(=O)CCS(=O)(=O)c2ccccc2)nc1-c1ccccc1. The molecule has 0 saturated heterocycles. The maximum atomic E-state index is 12.3. The van der Waals surface area contributed by atoms with Crippen molar-refractivity contribution in [1.82, 2.24) is 4.98 Å². The maximum Gasteiger partial charge on any atom is 0.227 e. The molecule has 0 unspecified atom stereocenters. The third kappa shape index (κ3) is 4.81. The Hall–Kier alpha value is -2.51. The first kappa shape index (κ1) is 19.3. The van der Waals surface area contributed by atoms with E-state index in [9.17, 15) is 13.2 Å². The molecule has 5 nitrogen and oxygen atoms in total. The van der Waals surface area contributed by atoms with Crippen LogP contribution in [0.2, 0.25) is 0 Å². The van der Waals surface area contributed by atoms with Crippen LogP contribution in [0, 0.1) is 0 Å². The lowest BCUT2D eigenvalue weighted by Gasteiger charge is -2.04. The van der Waals surface area contributed by atoms with Crippen molar-refractivity contribution in [2.24, 2.45) is 0 Å². The third-order valence-corrected chi connectivity index (χ3v) is 6.86. The highest BCUT2D eigenvalue weighted by Gasteiger charge is 2.18. The number of sulfone groups is 1. The van der Waals surface area contributed by atoms with Gasteiger partial charge in [-0.15, -0.1) is 11.3 Å². The Bertz CT molecular complexity index is 1010. The highest BCUT2D eigenvalue weighted by Crippen LogP contribution is 2.31. The van der Waals surface area contributed by atoms with Crippen LogP contribution in [0.25, 0.3) is 11.3 Å². The molecule has 0 fully saturated rings. The van der Waals surface area contributed by atoms with Crippen LogP contribution in [-0.4, -0.2) is 25.1 Å². The predicted molar refractivity (Wildman–Crippen MR) is 109 cm³/mol. The molecule has 1 N–H and O–H groups in total. The van der Waals surface area contributed by atoms with Gasteiger partial charge in [0.05, 0.1) is 16.3 Å². The van der Waals surface area contributed by atoms with Crippen molar-refractivity contribution in [2.75, 3.05) is 11.1 Å². The van der Waals surface area contributed by atoms with E-state index < -0.39 is 9.84 Å². The smallest absolute Gasteiger partial charge is 0.227 e. The van der Waals surface area contributed by atoms with Gasteiger partial charge in [0.25, 0.3) is 0 Å². The number of nitrogens with one attached hydrogen (secondary N) is 1. The second kappa shape index (κ2) is 8.45. The summed E-state index contributed by atoms with van der Waals surface area (Å²) < 4.78 is 24.6. The van der Waals surface area contributed by atoms with Crippen molar-refractivity contribution in [2.45, 2.75) is 24.7 Å². The molecule has 140 valence electrons. The molecule has 0 bridgehead atoms. The Balaban J connectivity index is 1.67. The molecule has 2 aromatic carbocycles. The zero-order valence-corrected chi connectivity index (χ0v) is 16.5. The number of hydrogen-bond acceptors (Lipinski definition) is 5. The number of rotatable bonds is 7. The van der Waals surface area contributed by atoms with Crippen LogP contribution in [0.4, 0.5) is 5.13 Å². The molecule has 1 aromatic heterocycles. The van der Waals surface area contributed by atoms with Gasteiger partial charge in [-0.1, -0.05) is 55.5 Å². The fraction of sp³-hybridized carbons (Fsp3) is 0.200. The molecule has 0 saturated carbocycles. The van der Waals surface area contributed by atoms with E-state index in [1.54, 1.807) is 18.2 Å². The number of benzene rings is 2. The van der Waals surface area contributed by atoms with Crippen LogP contribution in [0.3, 0.4) is 0 Å². The number of aromatic nitrogens is 1. The van der Waals surface area contributed by atoms with Crippen molar-refractivity contribution in [3.05, 3.63) is 65.5 Å². The second-order valence-electron chi connectivity index (χ2n) is 5.94. The molecule has 0 aliphatic heterocycles. The lowest BCUT2D eigenvalue weighted by Crippen LogP contribution is -2.17. The number of carbonyl (C=O) groups is 1. The molecule has 0 atom stereocenters. The summed E-state index contributed by atoms with van der Waals surface area (Å²) in [4.78, 5) is 18.1. The van der Waals surface area contributed by atoms with Crippen LogP contribution in [0.1, 0.15) is 18.2 Å². The van der Waals surface area contributed by atoms with Crippen LogP contribution < -0.4 is 5.32 Å². The quantitative estimate of drug-likeness (QED) is 0.646. The third-order valence-electron chi connectivity index (χ3n) is 4.01. The van der Waals surface area contributed by atoms with Crippen LogP contribution >= 0.6 is 11.3 Å². The summed E-state index contributed by atoms with van der Waals surface area (Å²) in [6.45, 7) is 2.04. The molecule has 0 aliphatic rings. The van der Waals surface area contributed by atoms with Gasteiger partial charge >= 0.3 is 0 Å². The van der Waals surface area contributed by atoms with Crippen molar-refractivity contribution >= 4 is 32.2 Å². The fourth-order valence-electron chi connectivity index (χ4n) is 2.62. The van der Waals surface area contributed by atoms with Crippen LogP contribution in [-0.2, 0) is 21.1 Å². The topological polar surface area (TPSA) is 76.1 Å². The van der Waals surface area contributed by atoms with E-state index in [0.717, 1.165) is 22.6 Å². The van der Waals surface area contributed by atoms with Gasteiger partial charge in [0.15, 0.2) is 15.0 Å². The molecule has 0 spiro atoms. The van der Waals surface area contributed by atoms with Crippen LogP contribution in [0.15, 0.2) is 65.6 Å². The number of hydrogen-bond donors (Lipinski definition) is 1. The van der Waals surface area contributed by atoms with E-state index in [4.69, 9.17) is 0 Å². The molecule has 27 heavy (non-hydrogen) atoms. The first-order valence-corrected chi connectivity index (χ1v) is 11.1. The summed E-state index contributed by atoms with van der Waals surface area (Å²) in [5.41, 5.74) is 1.85. The minimum Gasteiger partial charge on any atom is -0.302 e. The Morgan fingerprint density at radius 3 is 2.30 bits per heavy atom. The van der Waals surface area contributed by atoms with Gasteiger partial charge in [0, 0.05) is 16.9 Å². The number of amides is 1. The highest BCUT2D eigenvalue weighted by molar-refractivity contribution is 7.91. The molecule has 0 radical (unpaired) electrons. The van der Waals surface area contributed by atoms with E-state index in [2.05, 4.69) is 10.3 Å². The fourth-order valence-corrected chi connectivity index (χ4v) is 4.82. The average Bonchev–Trinajstić information content (AvgIpc) is 3.11. The molecular weight excluding hydrogens is 380 g/mol. The molecule has 7 heteroatoms. The van der Waals surface area contributed by atoms with Crippen molar-refractivity contribution < 1.29 is 13.2 Å².